The van der Waals surface area contributed by atoms with Gasteiger partial charge < -0.3 is 4.52 Å². The fraction of sp³-hybridized carbons (Fsp3) is 0.231. The van der Waals surface area contributed by atoms with E-state index in [0.29, 0.717) is 23.8 Å². The SMILES string of the molecule is CC(Br)c1cn(Cc2nc(-c3ccc(F)cc3)no2)nn1. The van der Waals surface area contributed by atoms with Gasteiger partial charge in [-0.1, -0.05) is 26.3 Å². The van der Waals surface area contributed by atoms with Crippen molar-refractivity contribution in [3.63, 3.8) is 0 Å². The highest BCUT2D eigenvalue weighted by Gasteiger charge is 2.11. The van der Waals surface area contributed by atoms with Gasteiger partial charge in [-0.2, -0.15) is 4.98 Å². The van der Waals surface area contributed by atoms with E-state index in [9.17, 15) is 4.39 Å². The molecule has 0 aliphatic rings. The van der Waals surface area contributed by atoms with Crippen LogP contribution in [0.25, 0.3) is 11.4 Å². The first-order valence-electron chi connectivity index (χ1n) is 6.24. The molecule has 0 aliphatic heterocycles. The van der Waals surface area contributed by atoms with Crippen molar-refractivity contribution < 1.29 is 8.91 Å². The molecule has 0 spiro atoms. The van der Waals surface area contributed by atoms with Crippen molar-refractivity contribution in [3.05, 3.63) is 47.9 Å². The normalized spacial score (nSPS) is 12.5. The Hall–Kier alpha value is -2.09. The highest BCUT2D eigenvalue weighted by atomic mass is 79.9. The first-order valence-corrected chi connectivity index (χ1v) is 7.16. The third-order valence-corrected chi connectivity index (χ3v) is 3.30. The molecule has 0 aliphatic carbocycles. The van der Waals surface area contributed by atoms with Crippen molar-refractivity contribution in [1.82, 2.24) is 25.1 Å². The van der Waals surface area contributed by atoms with Crippen LogP contribution < -0.4 is 0 Å². The average molecular weight is 352 g/mol. The Balaban J connectivity index is 1.76. The van der Waals surface area contributed by atoms with Gasteiger partial charge in [0.05, 0.1) is 16.7 Å². The Bertz CT molecular complexity index is 737. The summed E-state index contributed by atoms with van der Waals surface area (Å²) in [5.41, 5.74) is 1.52. The number of alkyl halides is 1. The van der Waals surface area contributed by atoms with E-state index in [0.717, 1.165) is 5.69 Å². The molecule has 3 aromatic rings. The zero-order valence-corrected chi connectivity index (χ0v) is 12.7. The molecule has 1 atom stereocenters. The van der Waals surface area contributed by atoms with E-state index in [1.807, 2.05) is 6.92 Å². The number of halogens is 2. The minimum atomic E-state index is -0.304. The van der Waals surface area contributed by atoms with Crippen molar-refractivity contribution in [1.29, 1.82) is 0 Å². The van der Waals surface area contributed by atoms with Crippen molar-refractivity contribution in [2.75, 3.05) is 0 Å². The third-order valence-electron chi connectivity index (χ3n) is 2.83. The topological polar surface area (TPSA) is 69.6 Å². The minimum Gasteiger partial charge on any atom is -0.337 e. The Morgan fingerprint density at radius 3 is 2.76 bits per heavy atom. The molecule has 1 aromatic carbocycles. The van der Waals surface area contributed by atoms with Crippen LogP contribution in [0.1, 0.15) is 23.3 Å². The summed E-state index contributed by atoms with van der Waals surface area (Å²) in [7, 11) is 0. The Morgan fingerprint density at radius 2 is 2.10 bits per heavy atom. The predicted molar refractivity (Wildman–Crippen MR) is 76.2 cm³/mol. The van der Waals surface area contributed by atoms with Crippen molar-refractivity contribution in [2.24, 2.45) is 0 Å². The van der Waals surface area contributed by atoms with E-state index in [2.05, 4.69) is 36.4 Å². The fourth-order valence-corrected chi connectivity index (χ4v) is 1.96. The van der Waals surface area contributed by atoms with Crippen LogP contribution in [-0.2, 0) is 6.54 Å². The van der Waals surface area contributed by atoms with E-state index in [4.69, 9.17) is 4.52 Å². The lowest BCUT2D eigenvalue weighted by atomic mass is 10.2. The molecule has 0 saturated carbocycles. The van der Waals surface area contributed by atoms with Gasteiger partial charge in [0.25, 0.3) is 0 Å². The molecule has 0 N–H and O–H groups in total. The average Bonchev–Trinajstić information content (AvgIpc) is 3.10. The molecule has 2 aromatic heterocycles. The molecular formula is C13H11BrFN5O. The van der Waals surface area contributed by atoms with Crippen LogP contribution in [0.3, 0.4) is 0 Å². The van der Waals surface area contributed by atoms with Crippen molar-refractivity contribution in [2.45, 2.75) is 18.3 Å². The lowest BCUT2D eigenvalue weighted by molar-refractivity contribution is 0.364. The second-order valence-corrected chi connectivity index (χ2v) is 5.85. The first kappa shape index (κ1) is 13.9. The number of nitrogens with zero attached hydrogens (tertiary/aromatic N) is 5. The van der Waals surface area contributed by atoms with E-state index in [1.165, 1.54) is 12.1 Å². The Kier molecular flexibility index (Phi) is 3.78. The minimum absolute atomic E-state index is 0.128. The molecular weight excluding hydrogens is 341 g/mol. The van der Waals surface area contributed by atoms with Crippen LogP contribution in [0.2, 0.25) is 0 Å². The van der Waals surface area contributed by atoms with Crippen LogP contribution in [0, 0.1) is 5.82 Å². The van der Waals surface area contributed by atoms with Gasteiger partial charge in [0, 0.05) is 5.56 Å². The third kappa shape index (κ3) is 3.15. The number of aromatic nitrogens is 5. The van der Waals surface area contributed by atoms with Gasteiger partial charge in [-0.3, -0.25) is 0 Å². The molecule has 0 amide bonds. The maximum absolute atomic E-state index is 12.9. The summed E-state index contributed by atoms with van der Waals surface area (Å²) in [6.07, 6.45) is 1.81. The summed E-state index contributed by atoms with van der Waals surface area (Å²) in [5.74, 6) is 0.522. The van der Waals surface area contributed by atoms with Crippen LogP contribution in [0.5, 0.6) is 0 Å². The van der Waals surface area contributed by atoms with Crippen LogP contribution in [-0.4, -0.2) is 25.1 Å². The molecule has 108 valence electrons. The molecule has 1 unspecified atom stereocenters. The van der Waals surface area contributed by atoms with E-state index in [-0.39, 0.29) is 10.6 Å². The second-order valence-electron chi connectivity index (χ2n) is 4.48. The van der Waals surface area contributed by atoms with Gasteiger partial charge >= 0.3 is 0 Å². The van der Waals surface area contributed by atoms with Gasteiger partial charge in [-0.15, -0.1) is 5.10 Å². The molecule has 0 radical (unpaired) electrons. The summed E-state index contributed by atoms with van der Waals surface area (Å²) in [5, 5.41) is 11.9. The predicted octanol–water partition coefficient (Wildman–Crippen LogP) is 2.97. The lowest BCUT2D eigenvalue weighted by Gasteiger charge is -1.94. The van der Waals surface area contributed by atoms with Crippen molar-refractivity contribution >= 4 is 15.9 Å². The van der Waals surface area contributed by atoms with Gasteiger partial charge in [0.15, 0.2) is 0 Å². The highest BCUT2D eigenvalue weighted by molar-refractivity contribution is 9.09. The number of rotatable bonds is 4. The van der Waals surface area contributed by atoms with Gasteiger partial charge in [0.2, 0.25) is 11.7 Å². The van der Waals surface area contributed by atoms with E-state index >= 15 is 0 Å². The first-order chi connectivity index (χ1) is 10.1. The molecule has 0 saturated heterocycles. The van der Waals surface area contributed by atoms with Crippen LogP contribution in [0.4, 0.5) is 4.39 Å². The van der Waals surface area contributed by atoms with Gasteiger partial charge in [-0.25, -0.2) is 9.07 Å². The molecule has 21 heavy (non-hydrogen) atoms. The summed E-state index contributed by atoms with van der Waals surface area (Å²) < 4.78 is 19.7. The maximum Gasteiger partial charge on any atom is 0.248 e. The van der Waals surface area contributed by atoms with Gasteiger partial charge in [-0.05, 0) is 31.2 Å². The second kappa shape index (κ2) is 5.72. The maximum atomic E-state index is 12.9. The lowest BCUT2D eigenvalue weighted by Crippen LogP contribution is -2.00. The molecule has 0 fully saturated rings. The zero-order chi connectivity index (χ0) is 14.8. The van der Waals surface area contributed by atoms with E-state index < -0.39 is 0 Å². The molecule has 2 heterocycles. The van der Waals surface area contributed by atoms with Crippen LogP contribution in [0.15, 0.2) is 35.0 Å². The van der Waals surface area contributed by atoms with Crippen molar-refractivity contribution in [3.8, 4) is 11.4 Å². The summed E-state index contributed by atoms with van der Waals surface area (Å²) in [4.78, 5) is 4.39. The molecule has 3 rings (SSSR count). The molecule has 6 nitrogen and oxygen atoms in total. The van der Waals surface area contributed by atoms with E-state index in [1.54, 1.807) is 23.0 Å². The Morgan fingerprint density at radius 1 is 1.33 bits per heavy atom. The summed E-state index contributed by atoms with van der Waals surface area (Å²) in [6.45, 7) is 2.30. The van der Waals surface area contributed by atoms with Gasteiger partial charge in [0.1, 0.15) is 12.4 Å². The number of hydrogen-bond donors (Lipinski definition) is 0. The standard InChI is InChI=1S/C13H11BrFN5O/c1-8(14)11-6-20(19-17-11)7-12-16-13(18-21-12)9-2-4-10(15)5-3-9/h2-6,8H,7H2,1H3. The smallest absolute Gasteiger partial charge is 0.248 e. The largest absolute Gasteiger partial charge is 0.337 e. The number of hydrogen-bond acceptors (Lipinski definition) is 5. The molecule has 0 bridgehead atoms. The number of benzene rings is 1. The Labute approximate surface area is 128 Å². The highest BCUT2D eigenvalue weighted by Crippen LogP contribution is 2.19. The molecule has 8 heteroatoms. The fourth-order valence-electron chi connectivity index (χ4n) is 1.75. The summed E-state index contributed by atoms with van der Waals surface area (Å²) >= 11 is 3.42. The zero-order valence-electron chi connectivity index (χ0n) is 11.1. The quantitative estimate of drug-likeness (QED) is 0.675. The van der Waals surface area contributed by atoms with Crippen LogP contribution >= 0.6 is 15.9 Å². The summed E-state index contributed by atoms with van der Waals surface area (Å²) in [6, 6.07) is 5.91. The monoisotopic (exact) mass is 351 g/mol.